The first-order chi connectivity index (χ1) is 9.88. The fraction of sp³-hybridized carbons (Fsp3) is 0.200. The van der Waals surface area contributed by atoms with Crippen LogP contribution in [0.2, 0.25) is 5.02 Å². The summed E-state index contributed by atoms with van der Waals surface area (Å²) in [6.07, 6.45) is 0. The van der Waals surface area contributed by atoms with E-state index in [1.54, 1.807) is 12.1 Å². The van der Waals surface area contributed by atoms with Crippen molar-refractivity contribution in [1.29, 1.82) is 0 Å². The summed E-state index contributed by atoms with van der Waals surface area (Å²) < 4.78 is 24.4. The number of anilines is 1. The Balaban J connectivity index is 2.00. The van der Waals surface area contributed by atoms with Crippen LogP contribution in [0, 0.1) is 6.92 Å². The van der Waals surface area contributed by atoms with Crippen LogP contribution in [0.15, 0.2) is 52.3 Å². The van der Waals surface area contributed by atoms with E-state index in [0.717, 1.165) is 10.5 Å². The molecule has 2 rings (SSSR count). The van der Waals surface area contributed by atoms with E-state index in [0.29, 0.717) is 21.4 Å². The van der Waals surface area contributed by atoms with Crippen molar-refractivity contribution < 1.29 is 8.42 Å². The molecule has 2 N–H and O–H groups in total. The summed E-state index contributed by atoms with van der Waals surface area (Å²) in [4.78, 5) is 1.36. The maximum atomic E-state index is 12.2. The van der Waals surface area contributed by atoms with E-state index in [-0.39, 0.29) is 5.75 Å². The monoisotopic (exact) mass is 341 g/mol. The van der Waals surface area contributed by atoms with Gasteiger partial charge in [-0.15, -0.1) is 11.8 Å². The maximum absolute atomic E-state index is 12.2. The van der Waals surface area contributed by atoms with E-state index >= 15 is 0 Å². The molecule has 0 fully saturated rings. The molecule has 2 aromatic rings. The van der Waals surface area contributed by atoms with Gasteiger partial charge in [0.1, 0.15) is 0 Å². The van der Waals surface area contributed by atoms with E-state index in [2.05, 4.69) is 0 Å². The lowest BCUT2D eigenvalue weighted by Gasteiger charge is -2.07. The van der Waals surface area contributed by atoms with Gasteiger partial charge in [0.2, 0.25) is 0 Å². The second-order valence-corrected chi connectivity index (χ2v) is 8.33. The molecular formula is C15H16ClNO2S2. The fourth-order valence-corrected chi connectivity index (χ4v) is 4.65. The van der Waals surface area contributed by atoms with Crippen molar-refractivity contribution in [2.75, 3.05) is 17.2 Å². The molecule has 0 aliphatic carbocycles. The average Bonchev–Trinajstić information content (AvgIpc) is 2.41. The third kappa shape index (κ3) is 4.40. The first kappa shape index (κ1) is 16.2. The number of benzene rings is 2. The van der Waals surface area contributed by atoms with Crippen molar-refractivity contribution in [1.82, 2.24) is 0 Å². The summed E-state index contributed by atoms with van der Waals surface area (Å²) in [5, 5.41) is 0.529. The molecule has 0 aliphatic heterocycles. The molecule has 0 atom stereocenters. The van der Waals surface area contributed by atoms with Crippen LogP contribution < -0.4 is 5.73 Å². The third-order valence-electron chi connectivity index (χ3n) is 2.98. The van der Waals surface area contributed by atoms with E-state index in [9.17, 15) is 8.42 Å². The predicted octanol–water partition coefficient (Wildman–Crippen LogP) is 3.80. The molecule has 0 saturated heterocycles. The van der Waals surface area contributed by atoms with Crippen LogP contribution >= 0.6 is 23.4 Å². The highest BCUT2D eigenvalue weighted by atomic mass is 35.5. The van der Waals surface area contributed by atoms with Gasteiger partial charge in [-0.2, -0.15) is 0 Å². The summed E-state index contributed by atoms with van der Waals surface area (Å²) in [7, 11) is -3.27. The number of aryl methyl sites for hydroxylation is 1. The normalized spacial score (nSPS) is 11.5. The molecule has 3 nitrogen and oxygen atoms in total. The minimum Gasteiger partial charge on any atom is -0.399 e. The van der Waals surface area contributed by atoms with Gasteiger partial charge < -0.3 is 5.73 Å². The Morgan fingerprint density at radius 3 is 2.43 bits per heavy atom. The first-order valence-corrected chi connectivity index (χ1v) is 9.37. The SMILES string of the molecule is Cc1cc(N)ccc1SCCS(=O)(=O)c1ccc(Cl)cc1. The smallest absolute Gasteiger partial charge is 0.179 e. The molecule has 0 unspecified atom stereocenters. The molecule has 0 amide bonds. The second kappa shape index (κ2) is 6.73. The summed E-state index contributed by atoms with van der Waals surface area (Å²) in [5.74, 6) is 0.582. The van der Waals surface area contributed by atoms with Crippen LogP contribution in [0.4, 0.5) is 5.69 Å². The van der Waals surface area contributed by atoms with Crippen LogP contribution in [0.5, 0.6) is 0 Å². The number of hydrogen-bond acceptors (Lipinski definition) is 4. The highest BCUT2D eigenvalue weighted by Gasteiger charge is 2.14. The molecule has 112 valence electrons. The molecular weight excluding hydrogens is 326 g/mol. The van der Waals surface area contributed by atoms with Gasteiger partial charge in [-0.1, -0.05) is 11.6 Å². The highest BCUT2D eigenvalue weighted by Crippen LogP contribution is 2.25. The van der Waals surface area contributed by atoms with Crippen LogP contribution in [0.25, 0.3) is 0 Å². The average molecular weight is 342 g/mol. The Morgan fingerprint density at radius 2 is 1.81 bits per heavy atom. The Hall–Kier alpha value is -1.17. The molecule has 0 heterocycles. The summed E-state index contributed by atoms with van der Waals surface area (Å²) in [6, 6.07) is 11.9. The quantitative estimate of drug-likeness (QED) is 0.663. The zero-order valence-electron chi connectivity index (χ0n) is 11.5. The second-order valence-electron chi connectivity index (χ2n) is 4.65. The van der Waals surface area contributed by atoms with Crippen LogP contribution in [0.1, 0.15) is 5.56 Å². The van der Waals surface area contributed by atoms with Crippen LogP contribution in [-0.4, -0.2) is 19.9 Å². The number of hydrogen-bond donors (Lipinski definition) is 1. The van der Waals surface area contributed by atoms with Crippen LogP contribution in [0.3, 0.4) is 0 Å². The number of sulfone groups is 1. The number of rotatable bonds is 5. The predicted molar refractivity (Wildman–Crippen MR) is 89.8 cm³/mol. The van der Waals surface area contributed by atoms with Gasteiger partial charge in [-0.3, -0.25) is 0 Å². The van der Waals surface area contributed by atoms with Gasteiger partial charge in [0.05, 0.1) is 10.6 Å². The standard InChI is InChI=1S/C15H16ClNO2S2/c1-11-10-13(17)4-7-15(11)20-8-9-21(18,19)14-5-2-12(16)3-6-14/h2-7,10H,8-9,17H2,1H3. The van der Waals surface area contributed by atoms with Gasteiger partial charge in [0.15, 0.2) is 9.84 Å². The van der Waals surface area contributed by atoms with Crippen LogP contribution in [-0.2, 0) is 9.84 Å². The highest BCUT2D eigenvalue weighted by molar-refractivity contribution is 8.00. The van der Waals surface area contributed by atoms with E-state index in [1.165, 1.54) is 23.9 Å². The minimum absolute atomic E-state index is 0.0864. The van der Waals surface area contributed by atoms with E-state index in [1.807, 2.05) is 25.1 Å². The van der Waals surface area contributed by atoms with Gasteiger partial charge in [-0.05, 0) is 55.0 Å². The first-order valence-electron chi connectivity index (χ1n) is 6.36. The lowest BCUT2D eigenvalue weighted by Crippen LogP contribution is -2.08. The Labute approximate surface area is 134 Å². The van der Waals surface area contributed by atoms with Gasteiger partial charge in [0, 0.05) is 21.4 Å². The van der Waals surface area contributed by atoms with Crippen molar-refractivity contribution in [3.63, 3.8) is 0 Å². The summed E-state index contributed by atoms with van der Waals surface area (Å²) in [5.41, 5.74) is 7.47. The van der Waals surface area contributed by atoms with E-state index in [4.69, 9.17) is 17.3 Å². The fourth-order valence-electron chi connectivity index (χ4n) is 1.86. The number of nitrogen functional groups attached to an aromatic ring is 1. The lowest BCUT2D eigenvalue weighted by molar-refractivity contribution is 0.597. The molecule has 0 saturated carbocycles. The Bertz CT molecular complexity index is 728. The van der Waals surface area contributed by atoms with Gasteiger partial charge in [0.25, 0.3) is 0 Å². The van der Waals surface area contributed by atoms with Crippen molar-refractivity contribution in [3.8, 4) is 0 Å². The van der Waals surface area contributed by atoms with E-state index < -0.39 is 9.84 Å². The molecule has 0 aromatic heterocycles. The largest absolute Gasteiger partial charge is 0.399 e. The van der Waals surface area contributed by atoms with Crippen molar-refractivity contribution in [3.05, 3.63) is 53.1 Å². The lowest BCUT2D eigenvalue weighted by atomic mass is 10.2. The summed E-state index contributed by atoms with van der Waals surface area (Å²) >= 11 is 7.29. The summed E-state index contributed by atoms with van der Waals surface area (Å²) in [6.45, 7) is 1.96. The Morgan fingerprint density at radius 1 is 1.14 bits per heavy atom. The molecule has 2 aromatic carbocycles. The zero-order chi connectivity index (χ0) is 15.5. The van der Waals surface area contributed by atoms with Gasteiger partial charge in [-0.25, -0.2) is 8.42 Å². The molecule has 0 radical (unpaired) electrons. The Kier molecular flexibility index (Phi) is 5.19. The zero-order valence-corrected chi connectivity index (χ0v) is 13.9. The molecule has 0 aliphatic rings. The van der Waals surface area contributed by atoms with Gasteiger partial charge >= 0.3 is 0 Å². The number of nitrogens with two attached hydrogens (primary N) is 1. The van der Waals surface area contributed by atoms with Crippen molar-refractivity contribution in [2.45, 2.75) is 16.7 Å². The number of thioether (sulfide) groups is 1. The molecule has 21 heavy (non-hydrogen) atoms. The topological polar surface area (TPSA) is 60.2 Å². The molecule has 0 bridgehead atoms. The third-order valence-corrected chi connectivity index (χ3v) is 6.40. The maximum Gasteiger partial charge on any atom is 0.179 e. The number of halogens is 1. The molecule has 6 heteroatoms. The van der Waals surface area contributed by atoms with Crippen molar-refractivity contribution in [2.24, 2.45) is 0 Å². The molecule has 0 spiro atoms. The minimum atomic E-state index is -3.27. The van der Waals surface area contributed by atoms with Crippen molar-refractivity contribution >= 4 is 38.9 Å².